The molecule has 0 aliphatic heterocycles. The van der Waals surface area contributed by atoms with Crippen molar-refractivity contribution < 1.29 is 4.79 Å². The van der Waals surface area contributed by atoms with Gasteiger partial charge in [-0.25, -0.2) is 9.48 Å². The molecule has 3 rings (SSSR count). The number of nitrogens with zero attached hydrogens (tertiary/aromatic N) is 3. The van der Waals surface area contributed by atoms with Crippen LogP contribution in [0.3, 0.4) is 0 Å². The largest absolute Gasteiger partial charge is 0.353 e. The van der Waals surface area contributed by atoms with Crippen molar-refractivity contribution in [3.63, 3.8) is 0 Å². The quantitative estimate of drug-likeness (QED) is 0.694. The fraction of sp³-hybridized carbons (Fsp3) is 0.235. The van der Waals surface area contributed by atoms with Crippen LogP contribution in [0.2, 0.25) is 0 Å². The zero-order chi connectivity index (χ0) is 16.9. The highest BCUT2D eigenvalue weighted by Gasteiger charge is 2.11. The fourth-order valence-corrected chi connectivity index (χ4v) is 3.24. The molecule has 0 saturated carbocycles. The number of benzene rings is 1. The fourth-order valence-electron chi connectivity index (χ4n) is 2.29. The van der Waals surface area contributed by atoms with E-state index in [0.717, 1.165) is 4.90 Å². The first kappa shape index (κ1) is 16.3. The molecule has 2 heterocycles. The lowest BCUT2D eigenvalue weighted by atomic mass is 10.4. The number of rotatable bonds is 6. The Kier molecular flexibility index (Phi) is 5.00. The van der Waals surface area contributed by atoms with Crippen LogP contribution in [0.5, 0.6) is 0 Å². The van der Waals surface area contributed by atoms with E-state index in [1.165, 1.54) is 9.08 Å². The van der Waals surface area contributed by atoms with Gasteiger partial charge in [0.2, 0.25) is 5.91 Å². The number of amides is 1. The second kappa shape index (κ2) is 7.35. The summed E-state index contributed by atoms with van der Waals surface area (Å²) in [5.41, 5.74) is 0.218. The number of aromatic nitrogens is 3. The van der Waals surface area contributed by atoms with Crippen LogP contribution in [0, 0.1) is 0 Å². The van der Waals surface area contributed by atoms with E-state index < -0.39 is 0 Å². The highest BCUT2D eigenvalue weighted by Crippen LogP contribution is 2.21. The summed E-state index contributed by atoms with van der Waals surface area (Å²) in [7, 11) is 0. The van der Waals surface area contributed by atoms with Crippen molar-refractivity contribution in [3.8, 4) is 0 Å². The average molecular weight is 342 g/mol. The van der Waals surface area contributed by atoms with Gasteiger partial charge < -0.3 is 5.32 Å². The molecule has 24 heavy (non-hydrogen) atoms. The molecule has 1 aromatic carbocycles. The molecule has 1 unspecified atom stereocenters. The zero-order valence-corrected chi connectivity index (χ0v) is 14.1. The van der Waals surface area contributed by atoms with Crippen molar-refractivity contribution in [2.45, 2.75) is 23.6 Å². The molecule has 0 bridgehead atoms. The summed E-state index contributed by atoms with van der Waals surface area (Å²) in [4.78, 5) is 25.4. The molecular weight excluding hydrogens is 324 g/mol. The maximum atomic E-state index is 12.1. The molecule has 2 aromatic heterocycles. The van der Waals surface area contributed by atoms with Gasteiger partial charge in [0.1, 0.15) is 6.54 Å². The van der Waals surface area contributed by atoms with E-state index in [-0.39, 0.29) is 23.4 Å². The van der Waals surface area contributed by atoms with Gasteiger partial charge in [0, 0.05) is 22.9 Å². The minimum absolute atomic E-state index is 0.0801. The van der Waals surface area contributed by atoms with Gasteiger partial charge in [0.15, 0.2) is 5.65 Å². The van der Waals surface area contributed by atoms with Crippen LogP contribution < -0.4 is 11.0 Å². The van der Waals surface area contributed by atoms with E-state index in [4.69, 9.17) is 0 Å². The van der Waals surface area contributed by atoms with E-state index in [0.29, 0.717) is 12.2 Å². The molecule has 6 nitrogen and oxygen atoms in total. The molecule has 1 amide bonds. The highest BCUT2D eigenvalue weighted by molar-refractivity contribution is 8.00. The third-order valence-corrected chi connectivity index (χ3v) is 4.56. The van der Waals surface area contributed by atoms with E-state index in [2.05, 4.69) is 17.3 Å². The topological polar surface area (TPSA) is 68.4 Å². The standard InChI is InChI=1S/C17H18N4O2S/c1-13(24-14-7-3-2-4-8-14)11-18-16(22)12-21-17(23)20-10-6-5-9-15(20)19-21/h2-10,13H,11-12H2,1H3,(H,18,22). The third kappa shape index (κ3) is 3.86. The molecule has 1 atom stereocenters. The molecule has 7 heteroatoms. The Morgan fingerprint density at radius 2 is 1.96 bits per heavy atom. The minimum Gasteiger partial charge on any atom is -0.353 e. The number of fused-ring (bicyclic) bond motifs is 1. The molecule has 0 aliphatic carbocycles. The maximum absolute atomic E-state index is 12.1. The average Bonchev–Trinajstić information content (AvgIpc) is 2.90. The Bertz CT molecular complexity index is 888. The van der Waals surface area contributed by atoms with Gasteiger partial charge in [-0.05, 0) is 24.3 Å². The molecule has 0 fully saturated rings. The van der Waals surface area contributed by atoms with Crippen LogP contribution in [-0.2, 0) is 11.3 Å². The number of thioether (sulfide) groups is 1. The summed E-state index contributed by atoms with van der Waals surface area (Å²) < 4.78 is 2.60. The van der Waals surface area contributed by atoms with E-state index in [1.807, 2.05) is 30.3 Å². The van der Waals surface area contributed by atoms with Crippen molar-refractivity contribution in [1.29, 1.82) is 0 Å². The maximum Gasteiger partial charge on any atom is 0.350 e. The smallest absolute Gasteiger partial charge is 0.350 e. The molecule has 3 aromatic rings. The number of hydrogen-bond donors (Lipinski definition) is 1. The molecule has 1 N–H and O–H groups in total. The first-order chi connectivity index (χ1) is 11.6. The first-order valence-electron chi connectivity index (χ1n) is 7.66. The number of nitrogens with one attached hydrogen (secondary N) is 1. The van der Waals surface area contributed by atoms with Gasteiger partial charge in [0.05, 0.1) is 0 Å². The summed E-state index contributed by atoms with van der Waals surface area (Å²) >= 11 is 1.70. The zero-order valence-electron chi connectivity index (χ0n) is 13.3. The van der Waals surface area contributed by atoms with Gasteiger partial charge in [-0.3, -0.25) is 9.20 Å². The van der Waals surface area contributed by atoms with E-state index in [1.54, 1.807) is 36.2 Å². The van der Waals surface area contributed by atoms with Crippen molar-refractivity contribution in [2.75, 3.05) is 6.54 Å². The van der Waals surface area contributed by atoms with Crippen LogP contribution in [0.1, 0.15) is 6.92 Å². The molecular formula is C17H18N4O2S. The molecule has 0 radical (unpaired) electrons. The van der Waals surface area contributed by atoms with Crippen LogP contribution >= 0.6 is 11.8 Å². The van der Waals surface area contributed by atoms with Gasteiger partial charge >= 0.3 is 5.69 Å². The van der Waals surface area contributed by atoms with Gasteiger partial charge in [-0.1, -0.05) is 31.2 Å². The number of hydrogen-bond acceptors (Lipinski definition) is 4. The first-order valence-corrected chi connectivity index (χ1v) is 8.54. The normalized spacial score (nSPS) is 12.2. The lowest BCUT2D eigenvalue weighted by Gasteiger charge is -2.12. The van der Waals surface area contributed by atoms with E-state index >= 15 is 0 Å². The van der Waals surface area contributed by atoms with Crippen molar-refractivity contribution in [2.24, 2.45) is 0 Å². The predicted molar refractivity (Wildman–Crippen MR) is 94.2 cm³/mol. The number of pyridine rings is 1. The van der Waals surface area contributed by atoms with Crippen LogP contribution in [0.25, 0.3) is 5.65 Å². The van der Waals surface area contributed by atoms with Crippen LogP contribution in [0.4, 0.5) is 0 Å². The molecule has 124 valence electrons. The lowest BCUT2D eigenvalue weighted by molar-refractivity contribution is -0.121. The van der Waals surface area contributed by atoms with Crippen molar-refractivity contribution in [3.05, 3.63) is 65.2 Å². The number of carbonyl (C=O) groups is 1. The SMILES string of the molecule is CC(CNC(=O)Cn1nc2ccccn2c1=O)Sc1ccccc1. The van der Waals surface area contributed by atoms with Gasteiger partial charge in [-0.2, -0.15) is 0 Å². The summed E-state index contributed by atoms with van der Waals surface area (Å²) in [5, 5.41) is 7.23. The highest BCUT2D eigenvalue weighted by atomic mass is 32.2. The minimum atomic E-state index is -0.313. The molecule has 0 aliphatic rings. The summed E-state index contributed by atoms with van der Waals surface area (Å²) in [6, 6.07) is 15.3. The van der Waals surface area contributed by atoms with Crippen molar-refractivity contribution >= 4 is 23.3 Å². The second-order valence-corrected chi connectivity index (χ2v) is 6.93. The van der Waals surface area contributed by atoms with Gasteiger partial charge in [-0.15, -0.1) is 16.9 Å². The predicted octanol–water partition coefficient (Wildman–Crippen LogP) is 1.79. The Labute approximate surface area is 143 Å². The monoisotopic (exact) mass is 342 g/mol. The Morgan fingerprint density at radius 1 is 1.21 bits per heavy atom. The van der Waals surface area contributed by atoms with Gasteiger partial charge in [0.25, 0.3) is 0 Å². The van der Waals surface area contributed by atoms with Crippen LogP contribution in [-0.4, -0.2) is 31.9 Å². The Hall–Kier alpha value is -2.54. The molecule has 0 spiro atoms. The second-order valence-electron chi connectivity index (χ2n) is 5.41. The van der Waals surface area contributed by atoms with E-state index in [9.17, 15) is 9.59 Å². The van der Waals surface area contributed by atoms with Crippen LogP contribution in [0.15, 0.2) is 64.4 Å². The lowest BCUT2D eigenvalue weighted by Crippen LogP contribution is -2.35. The van der Waals surface area contributed by atoms with Crippen molar-refractivity contribution in [1.82, 2.24) is 19.5 Å². The Balaban J connectivity index is 1.55. The summed E-state index contributed by atoms with van der Waals surface area (Å²) in [6.07, 6.45) is 1.64. The summed E-state index contributed by atoms with van der Waals surface area (Å²) in [6.45, 7) is 2.50. The molecule has 0 saturated heterocycles. The Morgan fingerprint density at radius 3 is 2.71 bits per heavy atom. The third-order valence-electron chi connectivity index (χ3n) is 3.45. The number of carbonyl (C=O) groups excluding carboxylic acids is 1. The summed E-state index contributed by atoms with van der Waals surface area (Å²) in [5.74, 6) is -0.221.